The van der Waals surface area contributed by atoms with Crippen molar-refractivity contribution in [2.75, 3.05) is 16.0 Å². The lowest BCUT2D eigenvalue weighted by Gasteiger charge is -2.21. The van der Waals surface area contributed by atoms with Gasteiger partial charge < -0.3 is 16.0 Å². The molecule has 7 nitrogen and oxygen atoms in total. The van der Waals surface area contributed by atoms with Gasteiger partial charge in [0.15, 0.2) is 0 Å². The van der Waals surface area contributed by atoms with Crippen LogP contribution in [0.3, 0.4) is 0 Å². The summed E-state index contributed by atoms with van der Waals surface area (Å²) in [5, 5.41) is 8.62. The van der Waals surface area contributed by atoms with Crippen LogP contribution in [0.15, 0.2) is 36.7 Å². The molecule has 0 aliphatic rings. The topological polar surface area (TPSA) is 96.0 Å². The summed E-state index contributed by atoms with van der Waals surface area (Å²) >= 11 is 0. The predicted molar refractivity (Wildman–Crippen MR) is 94.1 cm³/mol. The Hall–Kier alpha value is -2.96. The van der Waals surface area contributed by atoms with Crippen LogP contribution in [-0.4, -0.2) is 27.3 Å². The van der Waals surface area contributed by atoms with Gasteiger partial charge in [-0.3, -0.25) is 9.59 Å². The van der Waals surface area contributed by atoms with Crippen LogP contribution in [0, 0.1) is 0 Å². The van der Waals surface area contributed by atoms with Gasteiger partial charge in [-0.15, -0.1) is 0 Å². The predicted octanol–water partition coefficient (Wildman–Crippen LogP) is 2.90. The minimum atomic E-state index is -0.332. The average molecular weight is 327 g/mol. The largest absolute Gasteiger partial charge is 0.365 e. The van der Waals surface area contributed by atoms with Gasteiger partial charge in [0.2, 0.25) is 5.91 Å². The lowest BCUT2D eigenvalue weighted by Crippen LogP contribution is -2.27. The second kappa shape index (κ2) is 7.08. The van der Waals surface area contributed by atoms with Crippen LogP contribution in [0.5, 0.6) is 0 Å². The molecular weight excluding hydrogens is 306 g/mol. The lowest BCUT2D eigenvalue weighted by molar-refractivity contribution is -0.114. The normalized spacial score (nSPS) is 10.8. The minimum absolute atomic E-state index is 0.147. The molecule has 0 aliphatic heterocycles. The first-order chi connectivity index (χ1) is 11.2. The van der Waals surface area contributed by atoms with Crippen molar-refractivity contribution in [3.05, 3.63) is 42.4 Å². The molecule has 0 saturated heterocycles. The Balaban J connectivity index is 2.07. The third-order valence-corrected chi connectivity index (χ3v) is 2.87. The van der Waals surface area contributed by atoms with Gasteiger partial charge in [-0.25, -0.2) is 9.97 Å². The zero-order valence-electron chi connectivity index (χ0n) is 14.2. The fourth-order valence-electron chi connectivity index (χ4n) is 1.97. The fourth-order valence-corrected chi connectivity index (χ4v) is 1.97. The SMILES string of the molecule is CC(=O)Nc1ccc(NC(=O)c2cc(NC(C)(C)C)ncn2)cc1. The van der Waals surface area contributed by atoms with Gasteiger partial charge in [0.25, 0.3) is 5.91 Å². The molecule has 126 valence electrons. The molecule has 3 N–H and O–H groups in total. The maximum atomic E-state index is 12.3. The lowest BCUT2D eigenvalue weighted by atomic mass is 10.1. The van der Waals surface area contributed by atoms with E-state index in [4.69, 9.17) is 0 Å². The van der Waals surface area contributed by atoms with Gasteiger partial charge in [-0.1, -0.05) is 0 Å². The number of nitrogens with one attached hydrogen (secondary N) is 3. The van der Waals surface area contributed by atoms with Crippen molar-refractivity contribution >= 4 is 29.0 Å². The third kappa shape index (κ3) is 5.35. The Morgan fingerprint density at radius 2 is 1.54 bits per heavy atom. The summed E-state index contributed by atoms with van der Waals surface area (Å²) in [6, 6.07) is 8.44. The van der Waals surface area contributed by atoms with Crippen LogP contribution in [-0.2, 0) is 4.79 Å². The molecule has 24 heavy (non-hydrogen) atoms. The zero-order valence-corrected chi connectivity index (χ0v) is 14.2. The van der Waals surface area contributed by atoms with Gasteiger partial charge in [0, 0.05) is 29.9 Å². The Bertz CT molecular complexity index is 735. The van der Waals surface area contributed by atoms with Crippen molar-refractivity contribution in [3.8, 4) is 0 Å². The molecule has 1 aromatic carbocycles. The summed E-state index contributed by atoms with van der Waals surface area (Å²) in [5.41, 5.74) is 1.38. The maximum Gasteiger partial charge on any atom is 0.274 e. The smallest absolute Gasteiger partial charge is 0.274 e. The van der Waals surface area contributed by atoms with Crippen molar-refractivity contribution in [2.45, 2.75) is 33.2 Å². The molecule has 2 rings (SSSR count). The number of anilines is 3. The van der Waals surface area contributed by atoms with Crippen LogP contribution < -0.4 is 16.0 Å². The first kappa shape index (κ1) is 17.4. The van der Waals surface area contributed by atoms with E-state index in [2.05, 4.69) is 25.9 Å². The van der Waals surface area contributed by atoms with Crippen LogP contribution in [0.25, 0.3) is 0 Å². The van der Waals surface area contributed by atoms with Gasteiger partial charge in [-0.2, -0.15) is 0 Å². The Kier molecular flexibility index (Phi) is 5.13. The Labute approximate surface area is 140 Å². The number of amides is 2. The van der Waals surface area contributed by atoms with E-state index in [0.717, 1.165) is 0 Å². The van der Waals surface area contributed by atoms with Gasteiger partial charge >= 0.3 is 0 Å². The van der Waals surface area contributed by atoms with E-state index in [1.165, 1.54) is 13.3 Å². The number of benzene rings is 1. The highest BCUT2D eigenvalue weighted by molar-refractivity contribution is 6.03. The standard InChI is InChI=1S/C17H21N5O2/c1-11(23)20-12-5-7-13(8-6-12)21-16(24)14-9-15(19-10-18-14)22-17(2,3)4/h5-10H,1-4H3,(H,20,23)(H,21,24)(H,18,19,22). The summed E-state index contributed by atoms with van der Waals surface area (Å²) in [4.78, 5) is 31.4. The Morgan fingerprint density at radius 1 is 0.958 bits per heavy atom. The molecule has 7 heteroatoms. The molecule has 1 heterocycles. The molecule has 0 bridgehead atoms. The zero-order chi connectivity index (χ0) is 17.7. The highest BCUT2D eigenvalue weighted by atomic mass is 16.2. The molecule has 0 fully saturated rings. The van der Waals surface area contributed by atoms with E-state index >= 15 is 0 Å². The highest BCUT2D eigenvalue weighted by Crippen LogP contribution is 2.16. The van der Waals surface area contributed by atoms with E-state index in [1.807, 2.05) is 20.8 Å². The number of hydrogen-bond donors (Lipinski definition) is 3. The molecule has 0 unspecified atom stereocenters. The number of nitrogens with zero attached hydrogens (tertiary/aromatic N) is 2. The molecule has 0 aliphatic carbocycles. The van der Waals surface area contributed by atoms with Gasteiger partial charge in [0.05, 0.1) is 0 Å². The summed E-state index contributed by atoms with van der Waals surface area (Å²) in [5.74, 6) is 0.108. The summed E-state index contributed by atoms with van der Waals surface area (Å²) in [7, 11) is 0. The summed E-state index contributed by atoms with van der Waals surface area (Å²) < 4.78 is 0. The van der Waals surface area contributed by atoms with Gasteiger partial charge in [0.1, 0.15) is 17.8 Å². The summed E-state index contributed by atoms with van der Waals surface area (Å²) in [6.45, 7) is 7.45. The van der Waals surface area contributed by atoms with Crippen molar-refractivity contribution in [1.29, 1.82) is 0 Å². The average Bonchev–Trinajstić information content (AvgIpc) is 2.47. The fraction of sp³-hybridized carbons (Fsp3) is 0.294. The molecular formula is C17H21N5O2. The number of aromatic nitrogens is 2. The summed E-state index contributed by atoms with van der Waals surface area (Å²) in [6.07, 6.45) is 1.35. The van der Waals surface area contributed by atoms with Crippen molar-refractivity contribution in [1.82, 2.24) is 9.97 Å². The first-order valence-electron chi connectivity index (χ1n) is 7.52. The van der Waals surface area contributed by atoms with Crippen LogP contribution in [0.2, 0.25) is 0 Å². The van der Waals surface area contributed by atoms with E-state index in [0.29, 0.717) is 17.2 Å². The first-order valence-corrected chi connectivity index (χ1v) is 7.52. The molecule has 0 saturated carbocycles. The Morgan fingerprint density at radius 3 is 2.08 bits per heavy atom. The second-order valence-corrected chi connectivity index (χ2v) is 6.38. The number of carbonyl (C=O) groups is 2. The number of rotatable bonds is 4. The molecule has 0 atom stereocenters. The van der Waals surface area contributed by atoms with E-state index in [1.54, 1.807) is 30.3 Å². The highest BCUT2D eigenvalue weighted by Gasteiger charge is 2.13. The second-order valence-electron chi connectivity index (χ2n) is 6.38. The number of carbonyl (C=O) groups excluding carboxylic acids is 2. The van der Waals surface area contributed by atoms with E-state index in [-0.39, 0.29) is 23.0 Å². The third-order valence-electron chi connectivity index (χ3n) is 2.87. The number of hydrogen-bond acceptors (Lipinski definition) is 5. The van der Waals surface area contributed by atoms with Crippen molar-refractivity contribution in [3.63, 3.8) is 0 Å². The molecule has 2 amide bonds. The quantitative estimate of drug-likeness (QED) is 0.802. The van der Waals surface area contributed by atoms with Crippen LogP contribution in [0.4, 0.5) is 17.2 Å². The van der Waals surface area contributed by atoms with Crippen molar-refractivity contribution < 1.29 is 9.59 Å². The molecule has 1 aromatic heterocycles. The van der Waals surface area contributed by atoms with Crippen LogP contribution >= 0.6 is 0 Å². The molecule has 0 spiro atoms. The molecule has 0 radical (unpaired) electrons. The minimum Gasteiger partial charge on any atom is -0.365 e. The maximum absolute atomic E-state index is 12.3. The molecule has 2 aromatic rings. The van der Waals surface area contributed by atoms with E-state index < -0.39 is 0 Å². The van der Waals surface area contributed by atoms with E-state index in [9.17, 15) is 9.59 Å². The van der Waals surface area contributed by atoms with Crippen LogP contribution in [0.1, 0.15) is 38.2 Å². The monoisotopic (exact) mass is 327 g/mol. The van der Waals surface area contributed by atoms with Crippen molar-refractivity contribution in [2.24, 2.45) is 0 Å². The van der Waals surface area contributed by atoms with Gasteiger partial charge in [-0.05, 0) is 45.0 Å².